The second-order valence-corrected chi connectivity index (χ2v) is 3.00. The molecule has 0 aliphatic carbocycles. The zero-order chi connectivity index (χ0) is 14.3. The number of nitrogen functional groups attached to an aromatic ring is 1. The van der Waals surface area contributed by atoms with Gasteiger partial charge in [0.05, 0.1) is 15.9 Å². The molecule has 0 heterocycles. The van der Waals surface area contributed by atoms with Crippen LogP contribution in [0.3, 0.4) is 0 Å². The normalized spacial score (nSPS) is 8.94. The number of rotatable bonds is 3. The summed E-state index contributed by atoms with van der Waals surface area (Å²) < 4.78 is 0. The van der Waals surface area contributed by atoms with Gasteiger partial charge in [0, 0.05) is 12.5 Å². The fourth-order valence-electron chi connectivity index (χ4n) is 0.804. The molecule has 98 valence electrons. The smallest absolute Gasteiger partial charge is 0.303 e. The summed E-state index contributed by atoms with van der Waals surface area (Å²) in [5, 5.41) is 28.3. The molecule has 0 amide bonds. The Balaban J connectivity index is 0.000000494. The van der Waals surface area contributed by atoms with E-state index in [1.54, 1.807) is 6.92 Å². The third-order valence-electron chi connectivity index (χ3n) is 1.72. The first-order valence-electron chi connectivity index (χ1n) is 4.69. The molecule has 1 aromatic carbocycles. The van der Waals surface area contributed by atoms with E-state index in [2.05, 4.69) is 0 Å². The summed E-state index contributed by atoms with van der Waals surface area (Å²) in [4.78, 5) is 28.4. The van der Waals surface area contributed by atoms with Crippen LogP contribution in [0.4, 0.5) is 17.1 Å². The number of nitro groups is 2. The number of anilines is 1. The number of aliphatic carboxylic acids is 1. The monoisotopic (exact) mass is 257 g/mol. The topological polar surface area (TPSA) is 150 Å². The Bertz CT molecular complexity index is 473. The molecule has 3 N–H and O–H groups in total. The predicted molar refractivity (Wildman–Crippen MR) is 62.1 cm³/mol. The maximum Gasteiger partial charge on any atom is 0.303 e. The molecule has 0 bridgehead atoms. The minimum atomic E-state index is -0.762. The summed E-state index contributed by atoms with van der Waals surface area (Å²) in [6.45, 7) is 1.60. The number of non-ortho nitro benzene ring substituents is 1. The molecule has 0 unspecified atom stereocenters. The van der Waals surface area contributed by atoms with E-state index in [4.69, 9.17) is 10.8 Å². The highest BCUT2D eigenvalue weighted by Crippen LogP contribution is 2.25. The molecular weight excluding hydrogens is 246 g/mol. The Morgan fingerprint density at radius 1 is 1.33 bits per heavy atom. The van der Waals surface area contributed by atoms with E-state index in [9.17, 15) is 25.0 Å². The molecule has 0 fully saturated rings. The van der Waals surface area contributed by atoms with Gasteiger partial charge >= 0.3 is 5.97 Å². The van der Waals surface area contributed by atoms with Crippen molar-refractivity contribution in [2.75, 3.05) is 5.73 Å². The molecule has 0 aromatic heterocycles. The number of carboxylic acids is 1. The molecule has 9 heteroatoms. The van der Waals surface area contributed by atoms with Crippen molar-refractivity contribution >= 4 is 23.0 Å². The van der Waals surface area contributed by atoms with Gasteiger partial charge in [-0.2, -0.15) is 0 Å². The first-order chi connectivity index (χ1) is 8.29. The third-order valence-corrected chi connectivity index (χ3v) is 1.72. The standard InChI is InChI=1S/C6H5N3O4.C3H6O2/c7-5-2-1-4(8(10)11)3-6(5)9(12)13;1-2-3(4)5/h1-3H,7H2;2H2,1H3,(H,4,5). The summed E-state index contributed by atoms with van der Waals surface area (Å²) in [6.07, 6.45) is 0.222. The summed E-state index contributed by atoms with van der Waals surface area (Å²) >= 11 is 0. The van der Waals surface area contributed by atoms with Crippen LogP contribution in [0.15, 0.2) is 18.2 Å². The Labute approximate surface area is 101 Å². The molecule has 0 radical (unpaired) electrons. The van der Waals surface area contributed by atoms with Crippen LogP contribution in [0.1, 0.15) is 13.3 Å². The summed E-state index contributed by atoms with van der Waals surface area (Å²) in [5.74, 6) is -0.745. The van der Waals surface area contributed by atoms with E-state index in [0.29, 0.717) is 0 Å². The zero-order valence-electron chi connectivity index (χ0n) is 9.40. The largest absolute Gasteiger partial charge is 0.481 e. The van der Waals surface area contributed by atoms with Crippen molar-refractivity contribution < 1.29 is 19.7 Å². The summed E-state index contributed by atoms with van der Waals surface area (Å²) in [6, 6.07) is 3.08. The van der Waals surface area contributed by atoms with Gasteiger partial charge in [-0.25, -0.2) is 0 Å². The Morgan fingerprint density at radius 2 is 1.83 bits per heavy atom. The summed E-state index contributed by atoms with van der Waals surface area (Å²) in [7, 11) is 0. The van der Waals surface area contributed by atoms with Crippen LogP contribution in [-0.2, 0) is 4.79 Å². The van der Waals surface area contributed by atoms with Gasteiger partial charge in [-0.05, 0) is 6.07 Å². The van der Waals surface area contributed by atoms with E-state index >= 15 is 0 Å². The van der Waals surface area contributed by atoms with Crippen molar-refractivity contribution in [1.82, 2.24) is 0 Å². The van der Waals surface area contributed by atoms with Crippen LogP contribution in [0.5, 0.6) is 0 Å². The van der Waals surface area contributed by atoms with Crippen LogP contribution in [0, 0.1) is 20.2 Å². The second-order valence-electron chi connectivity index (χ2n) is 3.00. The molecular formula is C9H11N3O6. The van der Waals surface area contributed by atoms with Gasteiger partial charge in [0.25, 0.3) is 11.4 Å². The van der Waals surface area contributed by atoms with Crippen LogP contribution in [-0.4, -0.2) is 20.9 Å². The first kappa shape index (κ1) is 15.3. The highest BCUT2D eigenvalue weighted by atomic mass is 16.6. The average Bonchev–Trinajstić information content (AvgIpc) is 2.29. The maximum atomic E-state index is 10.3. The van der Waals surface area contributed by atoms with Crippen molar-refractivity contribution in [2.45, 2.75) is 13.3 Å². The fraction of sp³-hybridized carbons (Fsp3) is 0.222. The predicted octanol–water partition coefficient (Wildman–Crippen LogP) is 1.57. The minimum absolute atomic E-state index is 0.0874. The highest BCUT2D eigenvalue weighted by Gasteiger charge is 2.16. The Kier molecular flexibility index (Phi) is 5.76. The second kappa shape index (κ2) is 6.78. The zero-order valence-corrected chi connectivity index (χ0v) is 9.40. The van der Waals surface area contributed by atoms with Crippen molar-refractivity contribution in [2.24, 2.45) is 0 Å². The lowest BCUT2D eigenvalue weighted by Gasteiger charge is -1.95. The van der Waals surface area contributed by atoms with E-state index in [1.165, 1.54) is 0 Å². The number of nitrogens with zero attached hydrogens (tertiary/aromatic N) is 2. The molecule has 0 saturated heterocycles. The quantitative estimate of drug-likeness (QED) is 0.473. The van der Waals surface area contributed by atoms with Gasteiger partial charge in [0.2, 0.25) is 0 Å². The van der Waals surface area contributed by atoms with E-state index in [-0.39, 0.29) is 17.8 Å². The number of hydrogen-bond acceptors (Lipinski definition) is 6. The number of nitro benzene ring substituents is 2. The molecule has 0 spiro atoms. The van der Waals surface area contributed by atoms with Gasteiger partial charge in [0.1, 0.15) is 5.69 Å². The molecule has 9 nitrogen and oxygen atoms in total. The van der Waals surface area contributed by atoms with Gasteiger partial charge < -0.3 is 10.8 Å². The minimum Gasteiger partial charge on any atom is -0.481 e. The lowest BCUT2D eigenvalue weighted by molar-refractivity contribution is -0.393. The van der Waals surface area contributed by atoms with Crippen LogP contribution < -0.4 is 5.73 Å². The third kappa shape index (κ3) is 4.88. The van der Waals surface area contributed by atoms with E-state index < -0.39 is 21.5 Å². The SMILES string of the molecule is CCC(=O)O.Nc1ccc([N+](=O)[O-])cc1[N+](=O)[O-]. The molecule has 0 aliphatic heterocycles. The molecule has 0 aliphatic rings. The van der Waals surface area contributed by atoms with E-state index in [0.717, 1.165) is 18.2 Å². The summed E-state index contributed by atoms with van der Waals surface area (Å²) in [5.41, 5.74) is 4.34. The van der Waals surface area contributed by atoms with Crippen LogP contribution in [0.2, 0.25) is 0 Å². The van der Waals surface area contributed by atoms with Crippen molar-refractivity contribution in [1.29, 1.82) is 0 Å². The molecule has 18 heavy (non-hydrogen) atoms. The van der Waals surface area contributed by atoms with Crippen molar-refractivity contribution in [3.63, 3.8) is 0 Å². The molecule has 0 saturated carbocycles. The maximum absolute atomic E-state index is 10.3. The van der Waals surface area contributed by atoms with Gasteiger partial charge in [0.15, 0.2) is 0 Å². The lowest BCUT2D eigenvalue weighted by atomic mass is 10.2. The van der Waals surface area contributed by atoms with Crippen LogP contribution >= 0.6 is 0 Å². The molecule has 1 aromatic rings. The molecule has 0 atom stereocenters. The van der Waals surface area contributed by atoms with Gasteiger partial charge in [-0.3, -0.25) is 25.0 Å². The fourth-order valence-corrected chi connectivity index (χ4v) is 0.804. The number of hydrogen-bond donors (Lipinski definition) is 2. The Morgan fingerprint density at radius 3 is 2.17 bits per heavy atom. The van der Waals surface area contributed by atoms with Crippen molar-refractivity contribution in [3.8, 4) is 0 Å². The van der Waals surface area contributed by atoms with Gasteiger partial charge in [-0.15, -0.1) is 0 Å². The van der Waals surface area contributed by atoms with Gasteiger partial charge in [-0.1, -0.05) is 6.92 Å². The average molecular weight is 257 g/mol. The number of nitrogens with two attached hydrogens (primary N) is 1. The molecule has 1 rings (SSSR count). The van der Waals surface area contributed by atoms with Crippen molar-refractivity contribution in [3.05, 3.63) is 38.4 Å². The number of carbonyl (C=O) groups is 1. The number of carboxylic acid groups (broad SMARTS) is 1. The highest BCUT2D eigenvalue weighted by molar-refractivity contribution is 5.66. The van der Waals surface area contributed by atoms with Crippen LogP contribution in [0.25, 0.3) is 0 Å². The number of benzene rings is 1. The Hall–Kier alpha value is -2.71. The first-order valence-corrected chi connectivity index (χ1v) is 4.69. The van der Waals surface area contributed by atoms with E-state index in [1.807, 2.05) is 0 Å². The lowest BCUT2D eigenvalue weighted by Crippen LogP contribution is -1.97.